The van der Waals surface area contributed by atoms with Crippen LogP contribution in [-0.2, 0) is 16.3 Å². The predicted molar refractivity (Wildman–Crippen MR) is 132 cm³/mol. The Morgan fingerprint density at radius 3 is 2.53 bits per heavy atom. The molecule has 174 valence electrons. The van der Waals surface area contributed by atoms with Gasteiger partial charge in [0.1, 0.15) is 0 Å². The lowest BCUT2D eigenvalue weighted by molar-refractivity contribution is 0.134. The third kappa shape index (κ3) is 5.76. The molecule has 2 saturated heterocycles. The quantitative estimate of drug-likeness (QED) is 0.669. The highest BCUT2D eigenvalue weighted by Gasteiger charge is 2.24. The van der Waals surface area contributed by atoms with Crippen molar-refractivity contribution in [3.8, 4) is 0 Å². The summed E-state index contributed by atoms with van der Waals surface area (Å²) in [7, 11) is -2.44. The van der Waals surface area contributed by atoms with E-state index in [0.717, 1.165) is 37.7 Å². The van der Waals surface area contributed by atoms with Crippen molar-refractivity contribution in [1.29, 1.82) is 0 Å². The lowest BCUT2D eigenvalue weighted by atomic mass is 10.1. The van der Waals surface area contributed by atoms with Crippen molar-refractivity contribution < 1.29 is 9.00 Å². The van der Waals surface area contributed by atoms with Crippen LogP contribution in [0.2, 0.25) is 5.02 Å². The third-order valence-corrected chi connectivity index (χ3v) is 6.76. The number of piperidine rings is 1. The van der Waals surface area contributed by atoms with E-state index in [-0.39, 0.29) is 6.03 Å². The molecular formula is C22H31ClN6O2S. The molecule has 3 heterocycles. The fraction of sp³-hybridized carbons (Fsp3) is 0.500. The van der Waals surface area contributed by atoms with E-state index in [1.165, 1.54) is 41.5 Å². The van der Waals surface area contributed by atoms with Gasteiger partial charge in [-0.3, -0.25) is 9.62 Å². The summed E-state index contributed by atoms with van der Waals surface area (Å²) >= 11 is 6.31. The Labute approximate surface area is 195 Å². The first-order valence-electron chi connectivity index (χ1n) is 11.0. The second-order valence-electron chi connectivity index (χ2n) is 8.62. The van der Waals surface area contributed by atoms with Gasteiger partial charge in [0.15, 0.2) is 5.82 Å². The minimum absolute atomic E-state index is 0.176. The van der Waals surface area contributed by atoms with Gasteiger partial charge in [-0.15, -0.1) is 5.10 Å². The first kappa shape index (κ1) is 22.9. The molecule has 0 saturated carbocycles. The SMILES string of the molecule is C=S(C)(=O)Nc1ccn(C(=O)N2CCN(Cc3ccc(Cl)cc3N3CCCCC3)CC2)n1. The summed E-state index contributed by atoms with van der Waals surface area (Å²) in [5.74, 6) is 3.93. The van der Waals surface area contributed by atoms with E-state index in [0.29, 0.717) is 18.9 Å². The lowest BCUT2D eigenvalue weighted by Crippen LogP contribution is -2.49. The monoisotopic (exact) mass is 478 g/mol. The predicted octanol–water partition coefficient (Wildman–Crippen LogP) is 2.99. The standard InChI is InChI=1S/C22H31ClN6O2S/c1-32(2,31)25-21-8-11-29(24-21)22(30)28-14-12-26(13-15-28)17-18-6-7-19(23)16-20(18)27-9-4-3-5-10-27/h6-8,11,16H,1,3-5,9-10,12-15,17H2,2H3,(H,24,25,31). The molecule has 2 aliphatic heterocycles. The molecule has 0 spiro atoms. The molecule has 10 heteroatoms. The number of benzene rings is 1. The average molecular weight is 479 g/mol. The Bertz CT molecular complexity index is 1060. The number of hydrogen-bond acceptors (Lipinski definition) is 5. The van der Waals surface area contributed by atoms with Crippen LogP contribution < -0.4 is 9.62 Å². The van der Waals surface area contributed by atoms with Gasteiger partial charge in [0, 0.05) is 84.8 Å². The molecule has 1 atom stereocenters. The summed E-state index contributed by atoms with van der Waals surface area (Å²) in [4.78, 5) is 19.4. The maximum absolute atomic E-state index is 12.8. The summed E-state index contributed by atoms with van der Waals surface area (Å²) < 4.78 is 15.8. The van der Waals surface area contributed by atoms with Gasteiger partial charge in [-0.05, 0) is 42.8 Å². The molecule has 4 rings (SSSR count). The van der Waals surface area contributed by atoms with Crippen LogP contribution in [0.15, 0.2) is 30.5 Å². The number of carbonyl (C=O) groups is 1. The van der Waals surface area contributed by atoms with Crippen LogP contribution in [0.3, 0.4) is 0 Å². The molecular weight excluding hydrogens is 448 g/mol. The third-order valence-electron chi connectivity index (χ3n) is 5.89. The molecule has 8 nitrogen and oxygen atoms in total. The van der Waals surface area contributed by atoms with Crippen LogP contribution in [0, 0.1) is 0 Å². The highest BCUT2D eigenvalue weighted by molar-refractivity contribution is 8.00. The number of carbonyl (C=O) groups excluding carboxylic acids is 1. The van der Waals surface area contributed by atoms with E-state index in [4.69, 9.17) is 11.6 Å². The summed E-state index contributed by atoms with van der Waals surface area (Å²) in [5, 5.41) is 4.97. The van der Waals surface area contributed by atoms with Crippen molar-refractivity contribution in [2.24, 2.45) is 0 Å². The van der Waals surface area contributed by atoms with E-state index in [2.05, 4.69) is 37.6 Å². The fourth-order valence-electron chi connectivity index (χ4n) is 4.29. The summed E-state index contributed by atoms with van der Waals surface area (Å²) in [6.45, 7) is 5.86. The van der Waals surface area contributed by atoms with E-state index in [9.17, 15) is 9.00 Å². The van der Waals surface area contributed by atoms with Crippen LogP contribution in [0.4, 0.5) is 16.3 Å². The molecule has 1 aromatic carbocycles. The van der Waals surface area contributed by atoms with Gasteiger partial charge in [0.25, 0.3) is 0 Å². The van der Waals surface area contributed by atoms with Crippen molar-refractivity contribution >= 4 is 44.7 Å². The largest absolute Gasteiger partial charge is 0.371 e. The Balaban J connectivity index is 1.36. The molecule has 1 amide bonds. The zero-order valence-electron chi connectivity index (χ0n) is 18.5. The number of aromatic nitrogens is 2. The van der Waals surface area contributed by atoms with Crippen LogP contribution in [0.5, 0.6) is 0 Å². The number of amides is 1. The maximum Gasteiger partial charge on any atom is 0.344 e. The first-order valence-corrected chi connectivity index (χ1v) is 13.5. The minimum atomic E-state index is -2.44. The zero-order valence-corrected chi connectivity index (χ0v) is 20.1. The smallest absolute Gasteiger partial charge is 0.344 e. The maximum atomic E-state index is 12.8. The van der Waals surface area contributed by atoms with Crippen molar-refractivity contribution in [2.45, 2.75) is 25.8 Å². The average Bonchev–Trinajstić information content (AvgIpc) is 3.22. The molecule has 32 heavy (non-hydrogen) atoms. The van der Waals surface area contributed by atoms with Gasteiger partial charge < -0.3 is 9.80 Å². The number of rotatable bonds is 5. The van der Waals surface area contributed by atoms with Crippen molar-refractivity contribution in [1.82, 2.24) is 19.6 Å². The summed E-state index contributed by atoms with van der Waals surface area (Å²) in [5.41, 5.74) is 2.53. The minimum Gasteiger partial charge on any atom is -0.371 e. The summed E-state index contributed by atoms with van der Waals surface area (Å²) in [6, 6.07) is 7.64. The normalized spacial score (nSPS) is 19.6. The second kappa shape index (κ2) is 9.72. The molecule has 1 N–H and O–H groups in total. The Morgan fingerprint density at radius 2 is 1.84 bits per heavy atom. The summed E-state index contributed by atoms with van der Waals surface area (Å²) in [6.07, 6.45) is 6.82. The van der Waals surface area contributed by atoms with Gasteiger partial charge in [0.05, 0.1) is 0 Å². The number of hydrogen-bond donors (Lipinski definition) is 1. The van der Waals surface area contributed by atoms with Gasteiger partial charge >= 0.3 is 6.03 Å². The lowest BCUT2D eigenvalue weighted by Gasteiger charge is -2.36. The highest BCUT2D eigenvalue weighted by atomic mass is 35.5. The molecule has 0 radical (unpaired) electrons. The van der Waals surface area contributed by atoms with E-state index in [1.54, 1.807) is 17.2 Å². The zero-order chi connectivity index (χ0) is 22.7. The van der Waals surface area contributed by atoms with Crippen LogP contribution in [0.1, 0.15) is 24.8 Å². The number of piperazine rings is 1. The Hall–Kier alpha value is -2.23. The number of nitrogens with zero attached hydrogens (tertiary/aromatic N) is 5. The van der Waals surface area contributed by atoms with E-state index >= 15 is 0 Å². The number of nitrogens with one attached hydrogen (secondary N) is 1. The molecule has 2 aliphatic rings. The topological polar surface area (TPSA) is 73.7 Å². The molecule has 2 aromatic rings. The number of anilines is 2. The Morgan fingerprint density at radius 1 is 1.12 bits per heavy atom. The number of halogens is 1. The van der Waals surface area contributed by atoms with Crippen molar-refractivity contribution in [2.75, 3.05) is 55.1 Å². The molecule has 1 aromatic heterocycles. The van der Waals surface area contributed by atoms with Gasteiger partial charge in [0.2, 0.25) is 0 Å². The Kier molecular flexibility index (Phi) is 6.97. The fourth-order valence-corrected chi connectivity index (χ4v) is 5.01. The van der Waals surface area contributed by atoms with Crippen LogP contribution in [-0.4, -0.2) is 81.2 Å². The first-order chi connectivity index (χ1) is 15.3. The van der Waals surface area contributed by atoms with Crippen LogP contribution >= 0.6 is 11.6 Å². The van der Waals surface area contributed by atoms with Gasteiger partial charge in [-0.25, -0.2) is 9.00 Å². The van der Waals surface area contributed by atoms with E-state index < -0.39 is 9.71 Å². The van der Waals surface area contributed by atoms with Gasteiger partial charge in [-0.1, -0.05) is 17.7 Å². The van der Waals surface area contributed by atoms with Crippen molar-refractivity contribution in [3.05, 3.63) is 41.0 Å². The second-order valence-corrected chi connectivity index (χ2v) is 11.3. The molecule has 2 fully saturated rings. The molecule has 0 aliphatic carbocycles. The highest BCUT2D eigenvalue weighted by Crippen LogP contribution is 2.29. The van der Waals surface area contributed by atoms with Crippen molar-refractivity contribution in [3.63, 3.8) is 0 Å². The van der Waals surface area contributed by atoms with E-state index in [1.807, 2.05) is 6.07 Å². The molecule has 1 unspecified atom stereocenters. The van der Waals surface area contributed by atoms with Gasteiger partial charge in [-0.2, -0.15) is 4.68 Å². The molecule has 0 bridgehead atoms. The van der Waals surface area contributed by atoms with Crippen LogP contribution in [0.25, 0.3) is 0 Å².